The fraction of sp³-hybridized carbons (Fsp3) is 0.400. The van der Waals surface area contributed by atoms with Gasteiger partial charge in [-0.3, -0.25) is 0 Å². The zero-order valence-corrected chi connectivity index (χ0v) is 22.3. The minimum Gasteiger partial charge on any atom is -0.399 e. The van der Waals surface area contributed by atoms with E-state index < -0.39 is 0 Å². The van der Waals surface area contributed by atoms with Gasteiger partial charge in [-0.05, 0) is 65.5 Å². The Morgan fingerprint density at radius 2 is 1.57 bits per heavy atom. The Bertz CT molecular complexity index is 1250. The number of oxime groups is 2. The van der Waals surface area contributed by atoms with E-state index in [1.807, 2.05) is 6.92 Å². The van der Waals surface area contributed by atoms with Crippen molar-refractivity contribution in [3.8, 4) is 16.9 Å². The molecule has 0 radical (unpaired) electrons. The number of hydrogen-bond acceptors (Lipinski definition) is 4. The Kier molecular flexibility index (Phi) is 6.63. The average Bonchev–Trinajstić information content (AvgIpc) is 3.17. The first-order chi connectivity index (χ1) is 16.5. The summed E-state index contributed by atoms with van der Waals surface area (Å²) in [7, 11) is 3.20. The maximum atomic E-state index is 5.26. The summed E-state index contributed by atoms with van der Waals surface area (Å²) in [5.74, 6) is 0. The third-order valence-electron chi connectivity index (χ3n) is 6.73. The lowest BCUT2D eigenvalue weighted by molar-refractivity contribution is 0.210. The number of rotatable bonds is 5. The highest BCUT2D eigenvalue weighted by Gasteiger charge is 2.34. The molecule has 0 saturated heterocycles. The van der Waals surface area contributed by atoms with Gasteiger partial charge in [-0.15, -0.1) is 0 Å². The van der Waals surface area contributed by atoms with E-state index in [1.54, 1.807) is 14.2 Å². The van der Waals surface area contributed by atoms with Gasteiger partial charge in [-0.25, -0.2) is 0 Å². The molecule has 1 aromatic heterocycles. The minimum atomic E-state index is 0.0788. The monoisotopic (exact) mass is 471 g/mol. The Labute approximate surface area is 209 Å². The number of benzene rings is 2. The summed E-state index contributed by atoms with van der Waals surface area (Å²) in [6.07, 6.45) is 1.84. The SMILES string of the molecule is CON=C(C)c1ccc(-n2c(-c3ccc(C(C)(C)C)cc3)cc3c2CC(C)(C)CC3=NOC)cc1. The largest absolute Gasteiger partial charge is 0.399 e. The summed E-state index contributed by atoms with van der Waals surface area (Å²) in [5, 5.41) is 8.52. The molecule has 35 heavy (non-hydrogen) atoms. The van der Waals surface area contributed by atoms with Crippen molar-refractivity contribution in [1.29, 1.82) is 0 Å². The molecular weight excluding hydrogens is 434 g/mol. The average molecular weight is 472 g/mol. The van der Waals surface area contributed by atoms with Crippen molar-refractivity contribution < 1.29 is 9.68 Å². The summed E-state index contributed by atoms with van der Waals surface area (Å²) in [6.45, 7) is 13.3. The molecule has 0 unspecified atom stereocenters. The molecule has 184 valence electrons. The van der Waals surface area contributed by atoms with Crippen LogP contribution in [0, 0.1) is 5.41 Å². The van der Waals surface area contributed by atoms with Gasteiger partial charge < -0.3 is 14.2 Å². The smallest absolute Gasteiger partial charge is 0.106 e. The van der Waals surface area contributed by atoms with Gasteiger partial charge in [0.15, 0.2) is 0 Å². The lowest BCUT2D eigenvalue weighted by Gasteiger charge is -2.31. The molecule has 0 saturated carbocycles. The van der Waals surface area contributed by atoms with E-state index in [0.29, 0.717) is 0 Å². The van der Waals surface area contributed by atoms with Gasteiger partial charge in [0.05, 0.1) is 17.1 Å². The molecule has 0 bridgehead atoms. The summed E-state index contributed by atoms with van der Waals surface area (Å²) < 4.78 is 2.39. The van der Waals surface area contributed by atoms with Crippen LogP contribution in [0.3, 0.4) is 0 Å². The van der Waals surface area contributed by atoms with Crippen molar-refractivity contribution in [1.82, 2.24) is 4.57 Å². The molecule has 2 aromatic carbocycles. The maximum absolute atomic E-state index is 5.26. The van der Waals surface area contributed by atoms with Crippen LogP contribution in [-0.2, 0) is 21.5 Å². The summed E-state index contributed by atoms with van der Waals surface area (Å²) in [4.78, 5) is 10.2. The van der Waals surface area contributed by atoms with Crippen LogP contribution >= 0.6 is 0 Å². The first-order valence-corrected chi connectivity index (χ1v) is 12.2. The van der Waals surface area contributed by atoms with Crippen LogP contribution in [0.5, 0.6) is 0 Å². The lowest BCUT2D eigenvalue weighted by Crippen LogP contribution is -2.28. The maximum Gasteiger partial charge on any atom is 0.106 e. The lowest BCUT2D eigenvalue weighted by atomic mass is 9.76. The van der Waals surface area contributed by atoms with Crippen LogP contribution < -0.4 is 0 Å². The van der Waals surface area contributed by atoms with Gasteiger partial charge in [0.25, 0.3) is 0 Å². The third kappa shape index (κ3) is 5.04. The second-order valence-corrected chi connectivity index (χ2v) is 11.2. The van der Waals surface area contributed by atoms with Gasteiger partial charge in [-0.1, -0.05) is 81.3 Å². The zero-order chi connectivity index (χ0) is 25.4. The molecule has 0 aliphatic heterocycles. The minimum absolute atomic E-state index is 0.0788. The normalized spacial score (nSPS) is 16.8. The molecule has 1 aliphatic carbocycles. The molecular formula is C30H37N3O2. The Morgan fingerprint density at radius 1 is 0.914 bits per heavy atom. The molecule has 5 heteroatoms. The fourth-order valence-electron chi connectivity index (χ4n) is 4.92. The van der Waals surface area contributed by atoms with E-state index in [0.717, 1.165) is 41.2 Å². The Balaban J connectivity index is 1.92. The topological polar surface area (TPSA) is 48.1 Å². The standard InChI is InChI=1S/C30H37N3O2/c1-20(31-34-7)21-11-15-24(16-12-21)33-27(22-9-13-23(14-10-22)29(2,3)4)17-25-26(32-35-8)18-30(5,6)19-28(25)33/h9-17H,18-19H2,1-8H3. The second-order valence-electron chi connectivity index (χ2n) is 11.2. The number of aromatic nitrogens is 1. The van der Waals surface area contributed by atoms with Gasteiger partial charge in [0.1, 0.15) is 14.2 Å². The first-order valence-electron chi connectivity index (χ1n) is 12.2. The highest BCUT2D eigenvalue weighted by atomic mass is 16.6. The van der Waals surface area contributed by atoms with Crippen molar-refractivity contribution in [2.24, 2.45) is 15.7 Å². The summed E-state index contributed by atoms with van der Waals surface area (Å²) >= 11 is 0. The first kappa shape index (κ1) is 24.8. The second kappa shape index (κ2) is 9.37. The molecule has 4 rings (SSSR count). The van der Waals surface area contributed by atoms with Crippen molar-refractivity contribution in [3.05, 3.63) is 77.0 Å². The predicted octanol–water partition coefficient (Wildman–Crippen LogP) is 7.14. The number of hydrogen-bond donors (Lipinski definition) is 0. The van der Waals surface area contributed by atoms with Crippen LogP contribution in [0.25, 0.3) is 16.9 Å². The molecule has 0 atom stereocenters. The van der Waals surface area contributed by atoms with Crippen LogP contribution in [-0.4, -0.2) is 30.2 Å². The highest BCUT2D eigenvalue weighted by molar-refractivity contribution is 6.04. The fourth-order valence-corrected chi connectivity index (χ4v) is 4.92. The van der Waals surface area contributed by atoms with E-state index in [2.05, 4.69) is 104 Å². The van der Waals surface area contributed by atoms with E-state index in [-0.39, 0.29) is 10.8 Å². The van der Waals surface area contributed by atoms with Crippen molar-refractivity contribution >= 4 is 11.4 Å². The van der Waals surface area contributed by atoms with Crippen molar-refractivity contribution in [2.75, 3.05) is 14.2 Å². The molecule has 3 aromatic rings. The van der Waals surface area contributed by atoms with Gasteiger partial charge >= 0.3 is 0 Å². The van der Waals surface area contributed by atoms with Gasteiger partial charge in [-0.2, -0.15) is 0 Å². The quantitative estimate of drug-likeness (QED) is 0.293. The van der Waals surface area contributed by atoms with Crippen LogP contribution in [0.1, 0.15) is 70.3 Å². The third-order valence-corrected chi connectivity index (χ3v) is 6.73. The molecule has 0 fully saturated rings. The van der Waals surface area contributed by atoms with Crippen molar-refractivity contribution in [2.45, 2.75) is 59.8 Å². The van der Waals surface area contributed by atoms with Gasteiger partial charge in [0, 0.05) is 16.9 Å². The van der Waals surface area contributed by atoms with Gasteiger partial charge in [0.2, 0.25) is 0 Å². The van der Waals surface area contributed by atoms with E-state index in [9.17, 15) is 0 Å². The van der Waals surface area contributed by atoms with Crippen molar-refractivity contribution in [3.63, 3.8) is 0 Å². The molecule has 0 spiro atoms. The van der Waals surface area contributed by atoms with Crippen LogP contribution in [0.4, 0.5) is 0 Å². The number of fused-ring (bicyclic) bond motifs is 1. The predicted molar refractivity (Wildman–Crippen MR) is 145 cm³/mol. The number of nitrogens with zero attached hydrogens (tertiary/aromatic N) is 3. The summed E-state index contributed by atoms with van der Waals surface area (Å²) in [6, 6.07) is 19.8. The van der Waals surface area contributed by atoms with E-state index in [4.69, 9.17) is 9.68 Å². The molecule has 1 heterocycles. The van der Waals surface area contributed by atoms with Crippen LogP contribution in [0.15, 0.2) is 64.9 Å². The zero-order valence-electron chi connectivity index (χ0n) is 22.3. The van der Waals surface area contributed by atoms with Crippen LogP contribution in [0.2, 0.25) is 0 Å². The highest BCUT2D eigenvalue weighted by Crippen LogP contribution is 2.41. The summed E-state index contributed by atoms with van der Waals surface area (Å²) in [5.41, 5.74) is 10.3. The molecule has 0 amide bonds. The van der Waals surface area contributed by atoms with E-state index >= 15 is 0 Å². The Hall–Kier alpha value is -3.34. The molecule has 1 aliphatic rings. The molecule has 5 nitrogen and oxygen atoms in total. The molecule has 0 N–H and O–H groups in total. The Morgan fingerprint density at radius 3 is 2.14 bits per heavy atom. The van der Waals surface area contributed by atoms with E-state index in [1.165, 1.54) is 22.4 Å².